The summed E-state index contributed by atoms with van der Waals surface area (Å²) in [6.07, 6.45) is 2.30. The van der Waals surface area contributed by atoms with E-state index in [2.05, 4.69) is 26.2 Å². The van der Waals surface area contributed by atoms with Crippen LogP contribution >= 0.6 is 27.3 Å². The molecule has 0 amide bonds. The van der Waals surface area contributed by atoms with Gasteiger partial charge in [0, 0.05) is 15.4 Å². The Balaban J connectivity index is 1.94. The van der Waals surface area contributed by atoms with Crippen molar-refractivity contribution in [2.24, 2.45) is 0 Å². The number of nitrogens with one attached hydrogen (secondary N) is 1. The lowest BCUT2D eigenvalue weighted by Crippen LogP contribution is -2.12. The summed E-state index contributed by atoms with van der Waals surface area (Å²) < 4.78 is 14.6. The van der Waals surface area contributed by atoms with Crippen molar-refractivity contribution in [1.29, 1.82) is 0 Å². The van der Waals surface area contributed by atoms with Gasteiger partial charge in [-0.1, -0.05) is 15.9 Å². The van der Waals surface area contributed by atoms with E-state index in [0.29, 0.717) is 11.6 Å². The van der Waals surface area contributed by atoms with Gasteiger partial charge >= 0.3 is 0 Å². The zero-order valence-electron chi connectivity index (χ0n) is 9.62. The number of thiazole rings is 1. The summed E-state index contributed by atoms with van der Waals surface area (Å²) in [4.78, 5) is 4.56. The van der Waals surface area contributed by atoms with Crippen LogP contribution < -0.4 is 5.32 Å². The maximum Gasteiger partial charge on any atom is 0.132 e. The van der Waals surface area contributed by atoms with E-state index < -0.39 is 0 Å². The van der Waals surface area contributed by atoms with E-state index in [1.807, 2.05) is 5.38 Å². The van der Waals surface area contributed by atoms with E-state index >= 15 is 0 Å². The maximum absolute atomic E-state index is 13.8. The van der Waals surface area contributed by atoms with E-state index in [9.17, 15) is 4.39 Å². The third kappa shape index (κ3) is 2.35. The molecule has 1 aromatic carbocycles. The van der Waals surface area contributed by atoms with Gasteiger partial charge < -0.3 is 5.32 Å². The van der Waals surface area contributed by atoms with E-state index in [-0.39, 0.29) is 5.82 Å². The molecular formula is C13H12BrFN2S. The van der Waals surface area contributed by atoms with Crippen molar-refractivity contribution in [2.75, 3.05) is 6.54 Å². The standard InChI is InChI=1S/C13H12BrFN2S/c14-8-3-4-10(15)9(6-8)12-7-18-13(17-12)11-2-1-5-16-11/h3-4,6-7,11,16H,1-2,5H2. The van der Waals surface area contributed by atoms with Crippen LogP contribution in [0.15, 0.2) is 28.1 Å². The van der Waals surface area contributed by atoms with Crippen LogP contribution in [0.2, 0.25) is 0 Å². The van der Waals surface area contributed by atoms with Crippen LogP contribution in [-0.2, 0) is 0 Å². The lowest BCUT2D eigenvalue weighted by Gasteiger charge is -2.05. The van der Waals surface area contributed by atoms with Crippen LogP contribution in [0.25, 0.3) is 11.3 Å². The third-order valence-corrected chi connectivity index (χ3v) is 4.54. The fraction of sp³-hybridized carbons (Fsp3) is 0.308. The fourth-order valence-electron chi connectivity index (χ4n) is 2.16. The molecule has 0 bridgehead atoms. The van der Waals surface area contributed by atoms with Gasteiger partial charge in [-0.15, -0.1) is 11.3 Å². The number of halogens is 2. The highest BCUT2D eigenvalue weighted by Crippen LogP contribution is 2.31. The smallest absolute Gasteiger partial charge is 0.132 e. The summed E-state index contributed by atoms with van der Waals surface area (Å²) in [5, 5.41) is 6.40. The molecule has 1 N–H and O–H groups in total. The lowest BCUT2D eigenvalue weighted by atomic mass is 10.1. The topological polar surface area (TPSA) is 24.9 Å². The van der Waals surface area contributed by atoms with Gasteiger partial charge in [0.25, 0.3) is 0 Å². The van der Waals surface area contributed by atoms with Crippen LogP contribution in [-0.4, -0.2) is 11.5 Å². The molecule has 1 aliphatic heterocycles. The highest BCUT2D eigenvalue weighted by atomic mass is 79.9. The van der Waals surface area contributed by atoms with Crippen LogP contribution in [0.1, 0.15) is 23.9 Å². The van der Waals surface area contributed by atoms with Crippen LogP contribution in [0.5, 0.6) is 0 Å². The highest BCUT2D eigenvalue weighted by Gasteiger charge is 2.20. The van der Waals surface area contributed by atoms with Gasteiger partial charge in [0.1, 0.15) is 10.8 Å². The summed E-state index contributed by atoms with van der Waals surface area (Å²) in [7, 11) is 0. The Labute approximate surface area is 117 Å². The van der Waals surface area contributed by atoms with Crippen molar-refractivity contribution in [3.8, 4) is 11.3 Å². The molecule has 1 saturated heterocycles. The first-order valence-corrected chi connectivity index (χ1v) is 7.55. The molecular weight excluding hydrogens is 315 g/mol. The zero-order chi connectivity index (χ0) is 12.5. The van der Waals surface area contributed by atoms with Gasteiger partial charge in [0.15, 0.2) is 0 Å². The van der Waals surface area contributed by atoms with Gasteiger partial charge in [0.2, 0.25) is 0 Å². The summed E-state index contributed by atoms with van der Waals surface area (Å²) in [5.74, 6) is -0.227. The number of hydrogen-bond donors (Lipinski definition) is 1. The maximum atomic E-state index is 13.8. The second kappa shape index (κ2) is 5.07. The summed E-state index contributed by atoms with van der Waals surface area (Å²) in [6, 6.07) is 5.28. The molecule has 0 radical (unpaired) electrons. The van der Waals surface area contributed by atoms with Crippen molar-refractivity contribution < 1.29 is 4.39 Å². The second-order valence-corrected chi connectivity index (χ2v) is 6.15. The van der Waals surface area contributed by atoms with Gasteiger partial charge in [-0.3, -0.25) is 0 Å². The monoisotopic (exact) mass is 326 g/mol. The van der Waals surface area contributed by atoms with Crippen LogP contribution in [0.3, 0.4) is 0 Å². The molecule has 2 heterocycles. The molecule has 94 valence electrons. The molecule has 2 nitrogen and oxygen atoms in total. The Morgan fingerprint density at radius 2 is 2.33 bits per heavy atom. The molecule has 0 spiro atoms. The van der Waals surface area contributed by atoms with Gasteiger partial charge in [-0.05, 0) is 37.6 Å². The van der Waals surface area contributed by atoms with Crippen molar-refractivity contribution in [1.82, 2.24) is 10.3 Å². The Morgan fingerprint density at radius 3 is 3.11 bits per heavy atom. The third-order valence-electron chi connectivity index (χ3n) is 3.08. The van der Waals surface area contributed by atoms with Crippen molar-refractivity contribution >= 4 is 27.3 Å². The van der Waals surface area contributed by atoms with Gasteiger partial charge in [0.05, 0.1) is 11.7 Å². The first-order chi connectivity index (χ1) is 8.74. The molecule has 1 fully saturated rings. The normalized spacial score (nSPS) is 19.3. The van der Waals surface area contributed by atoms with Gasteiger partial charge in [-0.2, -0.15) is 0 Å². The number of nitrogens with zero attached hydrogens (tertiary/aromatic N) is 1. The summed E-state index contributed by atoms with van der Waals surface area (Å²) >= 11 is 4.96. The molecule has 3 rings (SSSR count). The highest BCUT2D eigenvalue weighted by molar-refractivity contribution is 9.10. The minimum atomic E-state index is -0.227. The van der Waals surface area contributed by atoms with Gasteiger partial charge in [-0.25, -0.2) is 9.37 Å². The summed E-state index contributed by atoms with van der Waals surface area (Å²) in [5.41, 5.74) is 1.28. The molecule has 1 atom stereocenters. The number of aromatic nitrogens is 1. The van der Waals surface area contributed by atoms with Crippen molar-refractivity contribution in [2.45, 2.75) is 18.9 Å². The molecule has 18 heavy (non-hydrogen) atoms. The fourth-order valence-corrected chi connectivity index (χ4v) is 3.45. The van der Waals surface area contributed by atoms with E-state index in [1.165, 1.54) is 12.5 Å². The van der Waals surface area contributed by atoms with Crippen molar-refractivity contribution in [3.05, 3.63) is 38.9 Å². The van der Waals surface area contributed by atoms with E-state index in [4.69, 9.17) is 0 Å². The van der Waals surface area contributed by atoms with Crippen LogP contribution in [0, 0.1) is 5.82 Å². The first kappa shape index (κ1) is 12.3. The molecule has 1 unspecified atom stereocenters. The Kier molecular flexibility index (Phi) is 3.46. The molecule has 0 aliphatic carbocycles. The molecule has 1 aliphatic rings. The lowest BCUT2D eigenvalue weighted by molar-refractivity contribution is 0.628. The largest absolute Gasteiger partial charge is 0.308 e. The minimum absolute atomic E-state index is 0.227. The Hall–Kier alpha value is -0.780. The molecule has 0 saturated carbocycles. The Morgan fingerprint density at radius 1 is 1.44 bits per heavy atom. The zero-order valence-corrected chi connectivity index (χ0v) is 12.0. The Bertz CT molecular complexity index is 564. The quantitative estimate of drug-likeness (QED) is 0.897. The summed E-state index contributed by atoms with van der Waals surface area (Å²) in [6.45, 7) is 1.05. The number of benzene rings is 1. The van der Waals surface area contributed by atoms with Crippen molar-refractivity contribution in [3.63, 3.8) is 0 Å². The van der Waals surface area contributed by atoms with E-state index in [1.54, 1.807) is 23.5 Å². The van der Waals surface area contributed by atoms with Crippen LogP contribution in [0.4, 0.5) is 4.39 Å². The van der Waals surface area contributed by atoms with E-state index in [0.717, 1.165) is 28.1 Å². The number of hydrogen-bond acceptors (Lipinski definition) is 3. The molecule has 1 aromatic heterocycles. The number of rotatable bonds is 2. The average Bonchev–Trinajstić information content (AvgIpc) is 3.00. The predicted molar refractivity (Wildman–Crippen MR) is 75.2 cm³/mol. The predicted octanol–water partition coefficient (Wildman–Crippen LogP) is 4.14. The second-order valence-electron chi connectivity index (χ2n) is 4.34. The molecule has 5 heteroatoms. The molecule has 2 aromatic rings. The first-order valence-electron chi connectivity index (χ1n) is 5.88. The average molecular weight is 327 g/mol. The SMILES string of the molecule is Fc1ccc(Br)cc1-c1csc(C2CCCN2)n1. The minimum Gasteiger partial charge on any atom is -0.308 e.